The molecule has 28 heavy (non-hydrogen) atoms. The first-order valence-corrected chi connectivity index (χ1v) is 9.62. The Balaban J connectivity index is 2.13. The van der Waals surface area contributed by atoms with Crippen molar-refractivity contribution in [1.29, 1.82) is 0 Å². The van der Waals surface area contributed by atoms with Gasteiger partial charge in [0.2, 0.25) is 0 Å². The molecule has 0 heterocycles. The van der Waals surface area contributed by atoms with Gasteiger partial charge in [0.1, 0.15) is 5.75 Å². The van der Waals surface area contributed by atoms with Gasteiger partial charge in [-0.15, -0.1) is 0 Å². The first kappa shape index (κ1) is 22.3. The number of hydrogen-bond acceptors (Lipinski definition) is 5. The maximum absolute atomic E-state index is 12.0. The highest BCUT2D eigenvalue weighted by Crippen LogP contribution is 2.32. The van der Waals surface area contributed by atoms with Crippen LogP contribution in [0.15, 0.2) is 36.4 Å². The molecule has 0 aliphatic heterocycles. The lowest BCUT2D eigenvalue weighted by atomic mass is 9.91. The van der Waals surface area contributed by atoms with E-state index in [4.69, 9.17) is 37.4 Å². The van der Waals surface area contributed by atoms with E-state index < -0.39 is 5.60 Å². The van der Waals surface area contributed by atoms with E-state index in [0.717, 1.165) is 11.8 Å². The van der Waals surface area contributed by atoms with Crippen molar-refractivity contribution in [2.24, 2.45) is 5.92 Å². The zero-order valence-corrected chi connectivity index (χ0v) is 17.9. The third-order valence-electron chi connectivity index (χ3n) is 4.55. The normalized spacial score (nSPS) is 13.1. The standard InChI is InChI=1S/C21H25Cl2NO4/c1-14(2)21(13-25,28-18-8-6-16(22)10-17(18)23)12-24-11-15-5-7-19(26-3)20(9-15)27-4/h5-10,13-14,24H,11-12H2,1-4H3. The minimum atomic E-state index is -1.08. The highest BCUT2D eigenvalue weighted by Gasteiger charge is 2.36. The Morgan fingerprint density at radius 3 is 2.29 bits per heavy atom. The molecule has 0 radical (unpaired) electrons. The smallest absolute Gasteiger partial charge is 0.178 e. The molecule has 0 bridgehead atoms. The van der Waals surface area contributed by atoms with E-state index in [-0.39, 0.29) is 5.92 Å². The summed E-state index contributed by atoms with van der Waals surface area (Å²) in [6, 6.07) is 10.6. The summed E-state index contributed by atoms with van der Waals surface area (Å²) >= 11 is 12.2. The number of rotatable bonds is 10. The third-order valence-corrected chi connectivity index (χ3v) is 5.08. The van der Waals surface area contributed by atoms with Crippen LogP contribution in [0.4, 0.5) is 0 Å². The Morgan fingerprint density at radius 2 is 1.71 bits per heavy atom. The second kappa shape index (κ2) is 10.0. The van der Waals surface area contributed by atoms with Gasteiger partial charge >= 0.3 is 0 Å². The van der Waals surface area contributed by atoms with E-state index in [9.17, 15) is 4.79 Å². The van der Waals surface area contributed by atoms with Crippen LogP contribution in [0.1, 0.15) is 19.4 Å². The average Bonchev–Trinajstić information content (AvgIpc) is 2.68. The average molecular weight is 426 g/mol. The lowest BCUT2D eigenvalue weighted by molar-refractivity contribution is -0.124. The van der Waals surface area contributed by atoms with E-state index >= 15 is 0 Å². The number of nitrogens with one attached hydrogen (secondary N) is 1. The van der Waals surface area contributed by atoms with E-state index in [0.29, 0.717) is 40.4 Å². The van der Waals surface area contributed by atoms with Gasteiger partial charge in [0.25, 0.3) is 0 Å². The first-order chi connectivity index (χ1) is 13.3. The summed E-state index contributed by atoms with van der Waals surface area (Å²) in [5.74, 6) is 1.64. The van der Waals surface area contributed by atoms with Crippen LogP contribution in [0, 0.1) is 5.92 Å². The second-order valence-electron chi connectivity index (χ2n) is 6.70. The number of carbonyl (C=O) groups is 1. The molecule has 2 aromatic carbocycles. The summed E-state index contributed by atoms with van der Waals surface area (Å²) < 4.78 is 16.6. The maximum Gasteiger partial charge on any atom is 0.178 e. The molecule has 1 unspecified atom stereocenters. The van der Waals surface area contributed by atoms with Gasteiger partial charge in [-0.1, -0.05) is 43.1 Å². The van der Waals surface area contributed by atoms with Crippen LogP contribution in [-0.4, -0.2) is 32.7 Å². The zero-order valence-electron chi connectivity index (χ0n) is 16.4. The molecule has 2 aromatic rings. The number of hydrogen-bond donors (Lipinski definition) is 1. The Morgan fingerprint density at radius 1 is 1.04 bits per heavy atom. The molecule has 0 spiro atoms. The molecule has 0 aromatic heterocycles. The van der Waals surface area contributed by atoms with Crippen molar-refractivity contribution < 1.29 is 19.0 Å². The Labute approximate surface area is 175 Å². The molecule has 0 aliphatic rings. The molecule has 2 rings (SSSR count). The Hall–Kier alpha value is -1.95. The molecular weight excluding hydrogens is 401 g/mol. The quantitative estimate of drug-likeness (QED) is 0.555. The van der Waals surface area contributed by atoms with Crippen LogP contribution >= 0.6 is 23.2 Å². The molecular formula is C21H25Cl2NO4. The topological polar surface area (TPSA) is 56.8 Å². The fourth-order valence-corrected chi connectivity index (χ4v) is 3.16. The van der Waals surface area contributed by atoms with Crippen molar-refractivity contribution in [2.45, 2.75) is 26.0 Å². The Bertz CT molecular complexity index is 813. The molecule has 0 saturated heterocycles. The number of ether oxygens (including phenoxy) is 3. The van der Waals surface area contributed by atoms with Crippen molar-refractivity contribution in [3.05, 3.63) is 52.0 Å². The molecule has 0 saturated carbocycles. The van der Waals surface area contributed by atoms with Gasteiger partial charge in [-0.05, 0) is 35.9 Å². The lowest BCUT2D eigenvalue weighted by Gasteiger charge is -2.33. The van der Waals surface area contributed by atoms with Crippen LogP contribution in [-0.2, 0) is 11.3 Å². The third kappa shape index (κ3) is 5.31. The highest BCUT2D eigenvalue weighted by atomic mass is 35.5. The number of carbonyl (C=O) groups excluding carboxylic acids is 1. The van der Waals surface area contributed by atoms with E-state index in [1.54, 1.807) is 32.4 Å². The summed E-state index contributed by atoms with van der Waals surface area (Å²) in [7, 11) is 3.19. The fraction of sp³-hybridized carbons (Fsp3) is 0.381. The molecule has 1 atom stereocenters. The van der Waals surface area contributed by atoms with Gasteiger partial charge in [-0.2, -0.15) is 0 Å². The predicted molar refractivity (Wildman–Crippen MR) is 112 cm³/mol. The van der Waals surface area contributed by atoms with Gasteiger partial charge in [0.15, 0.2) is 23.4 Å². The number of benzene rings is 2. The van der Waals surface area contributed by atoms with Gasteiger partial charge in [0.05, 0.1) is 19.2 Å². The van der Waals surface area contributed by atoms with Crippen molar-refractivity contribution in [3.63, 3.8) is 0 Å². The molecule has 0 aliphatic carbocycles. The van der Waals surface area contributed by atoms with Gasteiger partial charge < -0.3 is 19.5 Å². The zero-order chi connectivity index (χ0) is 20.7. The minimum Gasteiger partial charge on any atom is -0.493 e. The monoisotopic (exact) mass is 425 g/mol. The summed E-state index contributed by atoms with van der Waals surface area (Å²) in [5.41, 5.74) is -0.0840. The van der Waals surface area contributed by atoms with Crippen molar-refractivity contribution in [2.75, 3.05) is 20.8 Å². The van der Waals surface area contributed by atoms with Crippen molar-refractivity contribution in [3.8, 4) is 17.2 Å². The number of aldehydes is 1. The minimum absolute atomic E-state index is 0.0883. The second-order valence-corrected chi connectivity index (χ2v) is 7.54. The first-order valence-electron chi connectivity index (χ1n) is 8.87. The van der Waals surface area contributed by atoms with E-state index in [1.165, 1.54) is 0 Å². The summed E-state index contributed by atoms with van der Waals surface area (Å²) in [4.78, 5) is 12.0. The van der Waals surface area contributed by atoms with Gasteiger partial charge in [0, 0.05) is 24.0 Å². The fourth-order valence-electron chi connectivity index (χ4n) is 2.72. The van der Waals surface area contributed by atoms with Gasteiger partial charge in [-0.25, -0.2) is 0 Å². The molecule has 7 heteroatoms. The highest BCUT2D eigenvalue weighted by molar-refractivity contribution is 6.35. The molecule has 0 amide bonds. The molecule has 1 N–H and O–H groups in total. The Kier molecular flexibility index (Phi) is 7.98. The van der Waals surface area contributed by atoms with E-state index in [2.05, 4.69) is 5.32 Å². The van der Waals surface area contributed by atoms with E-state index in [1.807, 2.05) is 32.0 Å². The largest absolute Gasteiger partial charge is 0.493 e. The summed E-state index contributed by atoms with van der Waals surface area (Å²) in [5, 5.41) is 4.16. The SMILES string of the molecule is COc1ccc(CNCC(C=O)(Oc2ccc(Cl)cc2Cl)C(C)C)cc1OC. The van der Waals surface area contributed by atoms with Crippen LogP contribution in [0.3, 0.4) is 0 Å². The van der Waals surface area contributed by atoms with Crippen LogP contribution in [0.25, 0.3) is 0 Å². The molecule has 152 valence electrons. The lowest BCUT2D eigenvalue weighted by Crippen LogP contribution is -2.51. The molecule has 5 nitrogen and oxygen atoms in total. The van der Waals surface area contributed by atoms with Crippen LogP contribution in [0.2, 0.25) is 10.0 Å². The van der Waals surface area contributed by atoms with Gasteiger partial charge in [-0.3, -0.25) is 4.79 Å². The molecule has 0 fully saturated rings. The van der Waals surface area contributed by atoms with Crippen molar-refractivity contribution in [1.82, 2.24) is 5.32 Å². The number of halogens is 2. The van der Waals surface area contributed by atoms with Crippen LogP contribution in [0.5, 0.6) is 17.2 Å². The van der Waals surface area contributed by atoms with Crippen LogP contribution < -0.4 is 19.5 Å². The van der Waals surface area contributed by atoms with Crippen molar-refractivity contribution >= 4 is 29.5 Å². The predicted octanol–water partition coefficient (Wildman–Crippen LogP) is 4.77. The number of methoxy groups -OCH3 is 2. The summed E-state index contributed by atoms with van der Waals surface area (Å²) in [6.45, 7) is 4.69. The maximum atomic E-state index is 12.0. The summed E-state index contributed by atoms with van der Waals surface area (Å²) in [6.07, 6.45) is 0.824.